The summed E-state index contributed by atoms with van der Waals surface area (Å²) in [6, 6.07) is 3.51. The van der Waals surface area contributed by atoms with E-state index < -0.39 is 0 Å². The number of hydrogen-bond donors (Lipinski definition) is 1. The topological polar surface area (TPSA) is 74.8 Å². The summed E-state index contributed by atoms with van der Waals surface area (Å²) in [4.78, 5) is 33.2. The van der Waals surface area contributed by atoms with Gasteiger partial charge in [0.05, 0.1) is 11.6 Å². The van der Waals surface area contributed by atoms with Crippen LogP contribution in [0.25, 0.3) is 0 Å². The van der Waals surface area contributed by atoms with Crippen molar-refractivity contribution in [1.29, 1.82) is 0 Å². The minimum Gasteiger partial charge on any atom is -0.473 e. The van der Waals surface area contributed by atoms with Crippen LogP contribution in [0.5, 0.6) is 5.88 Å². The zero-order valence-electron chi connectivity index (χ0n) is 16.9. The number of pyridine rings is 1. The minimum atomic E-state index is -0.188. The van der Waals surface area contributed by atoms with Crippen molar-refractivity contribution in [3.63, 3.8) is 0 Å². The number of rotatable bonds is 6. The zero-order valence-corrected chi connectivity index (χ0v) is 17.7. The number of ether oxygens (including phenoxy) is 1. The highest BCUT2D eigenvalue weighted by molar-refractivity contribution is 7.99. The summed E-state index contributed by atoms with van der Waals surface area (Å²) in [5, 5.41) is 2.95. The van der Waals surface area contributed by atoms with Crippen molar-refractivity contribution in [3.8, 4) is 5.88 Å². The second kappa shape index (κ2) is 9.60. The molecule has 28 heavy (non-hydrogen) atoms. The van der Waals surface area contributed by atoms with Gasteiger partial charge in [0.2, 0.25) is 11.8 Å². The molecule has 0 aromatic carbocycles. The van der Waals surface area contributed by atoms with Gasteiger partial charge >= 0.3 is 0 Å². The van der Waals surface area contributed by atoms with E-state index in [-0.39, 0.29) is 30.0 Å². The van der Waals surface area contributed by atoms with Gasteiger partial charge in [-0.1, -0.05) is 0 Å². The molecule has 1 N–H and O–H groups in total. The number of amides is 2. The molecule has 154 valence electrons. The summed E-state index contributed by atoms with van der Waals surface area (Å²) >= 11 is 1.89. The van der Waals surface area contributed by atoms with Gasteiger partial charge in [-0.05, 0) is 39.0 Å². The van der Waals surface area contributed by atoms with E-state index in [4.69, 9.17) is 4.74 Å². The van der Waals surface area contributed by atoms with E-state index in [0.717, 1.165) is 17.9 Å². The minimum absolute atomic E-state index is 0.0191. The van der Waals surface area contributed by atoms with Crippen LogP contribution in [0.1, 0.15) is 37.6 Å². The van der Waals surface area contributed by atoms with Crippen LogP contribution >= 0.6 is 11.8 Å². The van der Waals surface area contributed by atoms with E-state index in [1.54, 1.807) is 18.3 Å². The Morgan fingerprint density at radius 1 is 1.21 bits per heavy atom. The first-order valence-corrected chi connectivity index (χ1v) is 11.1. The van der Waals surface area contributed by atoms with E-state index in [9.17, 15) is 9.59 Å². The number of thioether (sulfide) groups is 1. The predicted molar refractivity (Wildman–Crippen MR) is 111 cm³/mol. The molecule has 2 fully saturated rings. The Bertz CT molecular complexity index is 669. The van der Waals surface area contributed by atoms with Gasteiger partial charge in [0, 0.05) is 50.2 Å². The van der Waals surface area contributed by atoms with E-state index in [0.29, 0.717) is 37.6 Å². The maximum absolute atomic E-state index is 12.8. The molecule has 3 heterocycles. The molecule has 3 rings (SSSR count). The van der Waals surface area contributed by atoms with Crippen LogP contribution in [0.3, 0.4) is 0 Å². The lowest BCUT2D eigenvalue weighted by Crippen LogP contribution is -2.55. The summed E-state index contributed by atoms with van der Waals surface area (Å²) < 4.78 is 5.84. The highest BCUT2D eigenvalue weighted by Crippen LogP contribution is 2.22. The molecule has 2 aliphatic rings. The predicted octanol–water partition coefficient (Wildman–Crippen LogP) is 1.64. The summed E-state index contributed by atoms with van der Waals surface area (Å²) in [6.07, 6.45) is 2.87. The third kappa shape index (κ3) is 5.38. The van der Waals surface area contributed by atoms with Crippen LogP contribution in [0.15, 0.2) is 18.3 Å². The molecule has 0 radical (unpaired) electrons. The standard InChI is InChI=1S/C20H30N4O3S/c1-14(2)22-19(25)15(3)23-7-9-24(10-8-23)20(26)16-4-5-18(21-12-16)27-17-6-11-28-13-17/h4-5,12,14-15,17H,6-11,13H2,1-3H3,(H,22,25). The van der Waals surface area contributed by atoms with Crippen molar-refractivity contribution in [1.82, 2.24) is 20.1 Å². The lowest BCUT2D eigenvalue weighted by atomic mass is 10.2. The number of carbonyl (C=O) groups is 2. The molecule has 2 saturated heterocycles. The molecule has 0 spiro atoms. The second-order valence-electron chi connectivity index (χ2n) is 7.66. The monoisotopic (exact) mass is 406 g/mol. The van der Waals surface area contributed by atoms with Gasteiger partial charge < -0.3 is 15.0 Å². The fraction of sp³-hybridized carbons (Fsp3) is 0.650. The molecular weight excluding hydrogens is 376 g/mol. The van der Waals surface area contributed by atoms with Gasteiger partial charge in [-0.25, -0.2) is 4.98 Å². The van der Waals surface area contributed by atoms with E-state index in [1.165, 1.54) is 0 Å². The molecule has 1 aromatic rings. The van der Waals surface area contributed by atoms with Gasteiger partial charge in [0.15, 0.2) is 0 Å². The first-order chi connectivity index (χ1) is 13.4. The number of hydrogen-bond acceptors (Lipinski definition) is 6. The fourth-order valence-corrected chi connectivity index (χ4v) is 4.51. The smallest absolute Gasteiger partial charge is 0.255 e. The van der Waals surface area contributed by atoms with E-state index >= 15 is 0 Å². The molecular formula is C20H30N4O3S. The van der Waals surface area contributed by atoms with Crippen LogP contribution in [0, 0.1) is 0 Å². The summed E-state index contributed by atoms with van der Waals surface area (Å²) in [5.74, 6) is 2.73. The highest BCUT2D eigenvalue weighted by atomic mass is 32.2. The van der Waals surface area contributed by atoms with Crippen LogP contribution < -0.4 is 10.1 Å². The van der Waals surface area contributed by atoms with Gasteiger partial charge in [-0.15, -0.1) is 0 Å². The summed E-state index contributed by atoms with van der Waals surface area (Å²) in [5.41, 5.74) is 0.576. The van der Waals surface area contributed by atoms with Crippen LogP contribution in [0.2, 0.25) is 0 Å². The molecule has 8 heteroatoms. The van der Waals surface area contributed by atoms with Crippen molar-refractivity contribution in [2.75, 3.05) is 37.7 Å². The maximum atomic E-state index is 12.8. The molecule has 2 atom stereocenters. The van der Waals surface area contributed by atoms with Crippen LogP contribution in [-0.4, -0.2) is 82.5 Å². The largest absolute Gasteiger partial charge is 0.473 e. The molecule has 2 unspecified atom stereocenters. The molecule has 0 aliphatic carbocycles. The second-order valence-corrected chi connectivity index (χ2v) is 8.81. The van der Waals surface area contributed by atoms with Crippen molar-refractivity contribution >= 4 is 23.6 Å². The average molecular weight is 407 g/mol. The number of piperazine rings is 1. The number of aromatic nitrogens is 1. The Hall–Kier alpha value is -1.80. The Kier molecular flexibility index (Phi) is 7.18. The first-order valence-electron chi connectivity index (χ1n) is 9.98. The normalized spacial score (nSPS) is 21.6. The van der Waals surface area contributed by atoms with Gasteiger partial charge in [-0.3, -0.25) is 14.5 Å². The number of nitrogens with zero attached hydrogens (tertiary/aromatic N) is 3. The molecule has 1 aromatic heterocycles. The molecule has 7 nitrogen and oxygen atoms in total. The third-order valence-electron chi connectivity index (χ3n) is 5.12. The lowest BCUT2D eigenvalue weighted by molar-refractivity contribution is -0.126. The SMILES string of the molecule is CC(C)NC(=O)C(C)N1CCN(C(=O)c2ccc(OC3CCSC3)nc2)CC1. The Morgan fingerprint density at radius 3 is 2.54 bits per heavy atom. The molecule has 2 aliphatic heterocycles. The lowest BCUT2D eigenvalue weighted by Gasteiger charge is -2.37. The van der Waals surface area contributed by atoms with Crippen molar-refractivity contribution in [3.05, 3.63) is 23.9 Å². The zero-order chi connectivity index (χ0) is 20.1. The first kappa shape index (κ1) is 20.9. The highest BCUT2D eigenvalue weighted by Gasteiger charge is 2.28. The van der Waals surface area contributed by atoms with E-state index in [1.807, 2.05) is 37.4 Å². The number of carbonyl (C=O) groups excluding carboxylic acids is 2. The van der Waals surface area contributed by atoms with Crippen molar-refractivity contribution in [2.45, 2.75) is 45.4 Å². The summed E-state index contributed by atoms with van der Waals surface area (Å²) in [6.45, 7) is 8.42. The van der Waals surface area contributed by atoms with Crippen LogP contribution in [-0.2, 0) is 4.79 Å². The van der Waals surface area contributed by atoms with Gasteiger partial charge in [-0.2, -0.15) is 11.8 Å². The molecule has 0 bridgehead atoms. The Balaban J connectivity index is 1.49. The van der Waals surface area contributed by atoms with E-state index in [2.05, 4.69) is 15.2 Å². The van der Waals surface area contributed by atoms with Crippen molar-refractivity contribution in [2.24, 2.45) is 0 Å². The third-order valence-corrected chi connectivity index (χ3v) is 6.25. The number of nitrogens with one attached hydrogen (secondary N) is 1. The Morgan fingerprint density at radius 2 is 1.96 bits per heavy atom. The Labute approximate surface area is 171 Å². The van der Waals surface area contributed by atoms with Crippen molar-refractivity contribution < 1.29 is 14.3 Å². The maximum Gasteiger partial charge on any atom is 0.255 e. The van der Waals surface area contributed by atoms with Gasteiger partial charge in [0.1, 0.15) is 6.10 Å². The fourth-order valence-electron chi connectivity index (χ4n) is 3.42. The molecule has 0 saturated carbocycles. The molecule has 2 amide bonds. The quantitative estimate of drug-likeness (QED) is 0.774. The van der Waals surface area contributed by atoms with Crippen LogP contribution in [0.4, 0.5) is 0 Å². The summed E-state index contributed by atoms with van der Waals surface area (Å²) in [7, 11) is 0. The van der Waals surface area contributed by atoms with Gasteiger partial charge in [0.25, 0.3) is 5.91 Å². The average Bonchev–Trinajstić information content (AvgIpc) is 3.20.